The van der Waals surface area contributed by atoms with Crippen LogP contribution in [-0.2, 0) is 19.1 Å². The lowest BCUT2D eigenvalue weighted by Crippen LogP contribution is -2.28. The van der Waals surface area contributed by atoms with Gasteiger partial charge in [-0.05, 0) is 32.1 Å². The van der Waals surface area contributed by atoms with Crippen molar-refractivity contribution in [1.29, 1.82) is 0 Å². The number of hydrogen-bond acceptors (Lipinski definition) is 7. The lowest BCUT2D eigenvalue weighted by Gasteiger charge is -2.16. The Kier molecular flexibility index (Phi) is 31.5. The average Bonchev–Trinajstić information content (AvgIpc) is 3.02. The number of carbonyl (C=O) groups excluding carboxylic acids is 2. The number of rotatable bonds is 31. The molecule has 3 atom stereocenters. The van der Waals surface area contributed by atoms with Crippen molar-refractivity contribution in [1.82, 2.24) is 0 Å². The Labute approximate surface area is 274 Å². The molecule has 0 aliphatic rings. The molecule has 0 aliphatic heterocycles. The van der Waals surface area contributed by atoms with Gasteiger partial charge in [0.1, 0.15) is 6.61 Å². The Morgan fingerprint density at radius 3 is 1.60 bits per heavy atom. The standard InChI is InChI=1S/C38H66O7/c1-3-5-7-8-9-10-11-12-13-17-20-24-30-37(42)44-33-36(32-39)45-38(43)31-25-29-35(41)28-23-19-16-14-15-18-22-27-34(40)26-21-6-4-2/h15-16,18-19,22-23,27-28,34-36,39-41H,3-14,17,20-21,24-26,29-33H2,1-2H3/b18-15-,19-16-,27-22+,28-23+/t34-,35-,36+/m1/s1. The average molecular weight is 635 g/mol. The first-order chi connectivity index (χ1) is 21.9. The van der Waals surface area contributed by atoms with E-state index < -0.39 is 24.8 Å². The van der Waals surface area contributed by atoms with Crippen LogP contribution in [0.15, 0.2) is 48.6 Å². The van der Waals surface area contributed by atoms with Crippen molar-refractivity contribution < 1.29 is 34.4 Å². The number of hydrogen-bond donors (Lipinski definition) is 3. The van der Waals surface area contributed by atoms with Crippen molar-refractivity contribution in [3.63, 3.8) is 0 Å². The zero-order valence-electron chi connectivity index (χ0n) is 28.6. The first kappa shape index (κ1) is 42.8. The van der Waals surface area contributed by atoms with Gasteiger partial charge in [0.25, 0.3) is 0 Å². The summed E-state index contributed by atoms with van der Waals surface area (Å²) in [4.78, 5) is 24.2. The van der Waals surface area contributed by atoms with Crippen molar-refractivity contribution in [2.24, 2.45) is 0 Å². The fourth-order valence-electron chi connectivity index (χ4n) is 4.77. The summed E-state index contributed by atoms with van der Waals surface area (Å²) in [5.41, 5.74) is 0. The molecule has 0 unspecified atom stereocenters. The molecule has 0 spiro atoms. The van der Waals surface area contributed by atoms with Crippen LogP contribution in [-0.4, -0.2) is 58.8 Å². The smallest absolute Gasteiger partial charge is 0.306 e. The number of allylic oxidation sites excluding steroid dienone is 6. The summed E-state index contributed by atoms with van der Waals surface area (Å²) in [6.07, 6.45) is 33.8. The lowest BCUT2D eigenvalue weighted by molar-refractivity contribution is -0.161. The van der Waals surface area contributed by atoms with Gasteiger partial charge in [-0.15, -0.1) is 0 Å². The first-order valence-electron chi connectivity index (χ1n) is 17.9. The normalized spacial score (nSPS) is 14.2. The van der Waals surface area contributed by atoms with Gasteiger partial charge >= 0.3 is 11.9 Å². The van der Waals surface area contributed by atoms with Crippen LogP contribution in [0.4, 0.5) is 0 Å². The number of esters is 2. The predicted octanol–water partition coefficient (Wildman–Crippen LogP) is 8.61. The highest BCUT2D eigenvalue weighted by molar-refractivity contribution is 5.70. The first-order valence-corrected chi connectivity index (χ1v) is 17.9. The van der Waals surface area contributed by atoms with E-state index in [2.05, 4.69) is 13.8 Å². The van der Waals surface area contributed by atoms with E-state index in [1.54, 1.807) is 12.2 Å². The highest BCUT2D eigenvalue weighted by Crippen LogP contribution is 2.13. The van der Waals surface area contributed by atoms with Crippen LogP contribution in [0.5, 0.6) is 0 Å². The zero-order chi connectivity index (χ0) is 33.2. The molecule has 0 saturated carbocycles. The molecule has 0 radical (unpaired) electrons. The van der Waals surface area contributed by atoms with Crippen LogP contribution in [0.1, 0.15) is 149 Å². The number of ether oxygens (including phenoxy) is 2. The van der Waals surface area contributed by atoms with E-state index in [4.69, 9.17) is 9.47 Å². The molecule has 3 N–H and O–H groups in total. The van der Waals surface area contributed by atoms with Gasteiger partial charge in [-0.3, -0.25) is 9.59 Å². The van der Waals surface area contributed by atoms with Gasteiger partial charge in [0.15, 0.2) is 6.10 Å². The molecule has 7 heteroatoms. The third kappa shape index (κ3) is 31.5. The van der Waals surface area contributed by atoms with Crippen molar-refractivity contribution >= 4 is 11.9 Å². The highest BCUT2D eigenvalue weighted by Gasteiger charge is 2.16. The second kappa shape index (κ2) is 33.2. The van der Waals surface area contributed by atoms with E-state index in [9.17, 15) is 24.9 Å². The molecule has 0 aromatic carbocycles. The van der Waals surface area contributed by atoms with Crippen LogP contribution in [0.2, 0.25) is 0 Å². The highest BCUT2D eigenvalue weighted by atomic mass is 16.6. The minimum Gasteiger partial charge on any atom is -0.462 e. The molecule has 260 valence electrons. The number of carbonyl (C=O) groups is 2. The monoisotopic (exact) mass is 634 g/mol. The topological polar surface area (TPSA) is 113 Å². The van der Waals surface area contributed by atoms with Crippen LogP contribution in [0, 0.1) is 0 Å². The molecule has 0 rings (SSSR count). The molecule has 0 aromatic heterocycles. The van der Waals surface area contributed by atoms with E-state index in [0.717, 1.165) is 51.4 Å². The van der Waals surface area contributed by atoms with Crippen molar-refractivity contribution in [2.75, 3.05) is 13.2 Å². The van der Waals surface area contributed by atoms with Crippen molar-refractivity contribution in [3.05, 3.63) is 48.6 Å². The molecule has 0 saturated heterocycles. The fraction of sp³-hybridized carbons (Fsp3) is 0.737. The Bertz CT molecular complexity index is 802. The zero-order valence-corrected chi connectivity index (χ0v) is 28.6. The summed E-state index contributed by atoms with van der Waals surface area (Å²) in [6, 6.07) is 0. The minimum atomic E-state index is -0.876. The summed E-state index contributed by atoms with van der Waals surface area (Å²) < 4.78 is 10.4. The van der Waals surface area contributed by atoms with Crippen LogP contribution < -0.4 is 0 Å². The van der Waals surface area contributed by atoms with Gasteiger partial charge in [0.2, 0.25) is 0 Å². The van der Waals surface area contributed by atoms with Crippen LogP contribution in [0.25, 0.3) is 0 Å². The molecule has 0 aliphatic carbocycles. The van der Waals surface area contributed by atoms with Gasteiger partial charge < -0.3 is 24.8 Å². The minimum absolute atomic E-state index is 0.107. The third-order valence-electron chi connectivity index (χ3n) is 7.58. The third-order valence-corrected chi connectivity index (χ3v) is 7.58. The number of unbranched alkanes of at least 4 members (excludes halogenated alkanes) is 13. The van der Waals surface area contributed by atoms with E-state index in [-0.39, 0.29) is 25.1 Å². The van der Waals surface area contributed by atoms with Crippen molar-refractivity contribution in [2.45, 2.75) is 167 Å². The maximum absolute atomic E-state index is 12.1. The Balaban J connectivity index is 3.87. The maximum Gasteiger partial charge on any atom is 0.306 e. The van der Waals surface area contributed by atoms with E-state index in [0.29, 0.717) is 19.3 Å². The lowest BCUT2D eigenvalue weighted by atomic mass is 10.0. The van der Waals surface area contributed by atoms with Gasteiger partial charge in [0, 0.05) is 12.8 Å². The van der Waals surface area contributed by atoms with Gasteiger partial charge in [0.05, 0.1) is 18.8 Å². The Morgan fingerprint density at radius 2 is 1.07 bits per heavy atom. The SMILES string of the molecule is CCCCCCCCCCCCCCC(=O)OC[C@H](CO)OC(=O)CCC[C@H](O)/C=C/C=C\C/C=C\C=C\[C@H](O)CCCCC. The summed E-state index contributed by atoms with van der Waals surface area (Å²) in [5.74, 6) is -0.821. The molecule has 7 nitrogen and oxygen atoms in total. The fourth-order valence-corrected chi connectivity index (χ4v) is 4.77. The largest absolute Gasteiger partial charge is 0.462 e. The molecule has 0 amide bonds. The summed E-state index contributed by atoms with van der Waals surface area (Å²) >= 11 is 0. The second-order valence-corrected chi connectivity index (χ2v) is 12.0. The molecule has 0 fully saturated rings. The van der Waals surface area contributed by atoms with E-state index in [1.807, 2.05) is 36.5 Å². The number of aliphatic hydroxyl groups is 3. The summed E-state index contributed by atoms with van der Waals surface area (Å²) in [6.45, 7) is 3.82. The van der Waals surface area contributed by atoms with Gasteiger partial charge in [-0.1, -0.05) is 152 Å². The molecular weight excluding hydrogens is 568 g/mol. The molecule has 0 bridgehead atoms. The van der Waals surface area contributed by atoms with Crippen molar-refractivity contribution in [3.8, 4) is 0 Å². The molecule has 0 heterocycles. The van der Waals surface area contributed by atoms with E-state index >= 15 is 0 Å². The molecule has 45 heavy (non-hydrogen) atoms. The number of aliphatic hydroxyl groups excluding tert-OH is 3. The second-order valence-electron chi connectivity index (χ2n) is 12.0. The Morgan fingerprint density at radius 1 is 0.600 bits per heavy atom. The van der Waals surface area contributed by atoms with Gasteiger partial charge in [-0.25, -0.2) is 0 Å². The summed E-state index contributed by atoms with van der Waals surface area (Å²) in [5, 5.41) is 29.5. The molecular formula is C38H66O7. The van der Waals surface area contributed by atoms with E-state index in [1.165, 1.54) is 57.8 Å². The predicted molar refractivity (Wildman–Crippen MR) is 185 cm³/mol. The summed E-state index contributed by atoms with van der Waals surface area (Å²) in [7, 11) is 0. The van der Waals surface area contributed by atoms with Gasteiger partial charge in [-0.2, -0.15) is 0 Å². The van der Waals surface area contributed by atoms with Crippen LogP contribution in [0.3, 0.4) is 0 Å². The molecule has 0 aromatic rings. The maximum atomic E-state index is 12.1. The quantitative estimate of drug-likeness (QED) is 0.0397. The Hall–Kier alpha value is -2.22. The van der Waals surface area contributed by atoms with Crippen LogP contribution >= 0.6 is 0 Å².